The molecule has 5 amide bonds. The number of hydrogen-bond donors (Lipinski definition) is 0. The van der Waals surface area contributed by atoms with Gasteiger partial charge in [-0.3, -0.25) is 19.3 Å². The molecule has 8 nitrogen and oxygen atoms in total. The standard InChI is InChI=1S/C19H23N3O5/c1-12(2)22-18(25)17(24)21(19(22)26)11-16(23)20(14-6-7-14)10-13-4-8-15(27-3)9-5-13/h4-5,8-9,12,14H,6-7,10-11H2,1-3H3. The van der Waals surface area contributed by atoms with Crippen molar-refractivity contribution < 1.29 is 23.9 Å². The molecule has 0 N–H and O–H groups in total. The Balaban J connectivity index is 1.71. The first-order valence-electron chi connectivity index (χ1n) is 8.95. The van der Waals surface area contributed by atoms with E-state index in [-0.39, 0.29) is 11.9 Å². The summed E-state index contributed by atoms with van der Waals surface area (Å²) >= 11 is 0. The zero-order valence-electron chi connectivity index (χ0n) is 15.7. The van der Waals surface area contributed by atoms with Crippen LogP contribution in [0.5, 0.6) is 5.75 Å². The van der Waals surface area contributed by atoms with Crippen molar-refractivity contribution in [1.29, 1.82) is 0 Å². The lowest BCUT2D eigenvalue weighted by Gasteiger charge is -2.25. The quantitative estimate of drug-likeness (QED) is 0.532. The summed E-state index contributed by atoms with van der Waals surface area (Å²) in [5.41, 5.74) is 0.926. The van der Waals surface area contributed by atoms with Crippen LogP contribution in [0, 0.1) is 0 Å². The molecule has 1 aliphatic carbocycles. The Hall–Kier alpha value is -2.90. The van der Waals surface area contributed by atoms with Gasteiger partial charge in [-0.2, -0.15) is 0 Å². The molecule has 0 aromatic heterocycles. The molecule has 0 unspecified atom stereocenters. The first-order chi connectivity index (χ1) is 12.8. The summed E-state index contributed by atoms with van der Waals surface area (Å²) in [6, 6.07) is 6.32. The molecule has 27 heavy (non-hydrogen) atoms. The zero-order valence-corrected chi connectivity index (χ0v) is 15.7. The summed E-state index contributed by atoms with van der Waals surface area (Å²) in [7, 11) is 1.58. The Morgan fingerprint density at radius 2 is 1.78 bits per heavy atom. The highest BCUT2D eigenvalue weighted by molar-refractivity contribution is 6.45. The summed E-state index contributed by atoms with van der Waals surface area (Å²) in [6.45, 7) is 3.26. The fourth-order valence-electron chi connectivity index (χ4n) is 3.08. The van der Waals surface area contributed by atoms with E-state index in [2.05, 4.69) is 0 Å². The van der Waals surface area contributed by atoms with E-state index in [1.54, 1.807) is 25.9 Å². The van der Waals surface area contributed by atoms with Gasteiger partial charge < -0.3 is 9.64 Å². The van der Waals surface area contributed by atoms with Gasteiger partial charge in [0.15, 0.2) is 0 Å². The lowest BCUT2D eigenvalue weighted by Crippen LogP contribution is -2.44. The van der Waals surface area contributed by atoms with Crippen molar-refractivity contribution in [2.24, 2.45) is 0 Å². The zero-order chi connectivity index (χ0) is 19.7. The number of methoxy groups -OCH3 is 1. The first-order valence-corrected chi connectivity index (χ1v) is 8.95. The molecule has 3 rings (SSSR count). The van der Waals surface area contributed by atoms with Gasteiger partial charge in [0, 0.05) is 18.6 Å². The molecular formula is C19H23N3O5. The Kier molecular flexibility index (Phi) is 5.16. The molecule has 0 radical (unpaired) electrons. The molecule has 2 fully saturated rings. The van der Waals surface area contributed by atoms with Crippen LogP contribution in [0.1, 0.15) is 32.3 Å². The molecule has 1 saturated carbocycles. The van der Waals surface area contributed by atoms with Crippen molar-refractivity contribution in [3.63, 3.8) is 0 Å². The summed E-state index contributed by atoms with van der Waals surface area (Å²) in [5, 5.41) is 0. The normalized spacial score (nSPS) is 17.1. The van der Waals surface area contributed by atoms with E-state index in [0.717, 1.165) is 34.0 Å². The minimum absolute atomic E-state index is 0.101. The van der Waals surface area contributed by atoms with Crippen LogP contribution in [0.15, 0.2) is 24.3 Å². The Morgan fingerprint density at radius 1 is 1.15 bits per heavy atom. The smallest absolute Gasteiger partial charge is 0.334 e. The molecule has 1 saturated heterocycles. The van der Waals surface area contributed by atoms with Gasteiger partial charge in [0.05, 0.1) is 7.11 Å². The molecule has 0 spiro atoms. The number of rotatable bonds is 7. The summed E-state index contributed by atoms with van der Waals surface area (Å²) in [6.07, 6.45) is 1.78. The van der Waals surface area contributed by atoms with Crippen LogP contribution in [-0.2, 0) is 20.9 Å². The summed E-state index contributed by atoms with van der Waals surface area (Å²) in [5.74, 6) is -1.44. The molecule has 1 heterocycles. The van der Waals surface area contributed by atoms with Crippen LogP contribution in [0.3, 0.4) is 0 Å². The number of urea groups is 1. The molecule has 2 aliphatic rings. The Bertz CT molecular complexity index is 770. The fraction of sp³-hybridized carbons (Fsp3) is 0.474. The fourth-order valence-corrected chi connectivity index (χ4v) is 3.08. The minimum atomic E-state index is -0.942. The molecule has 144 valence electrons. The van der Waals surface area contributed by atoms with Crippen molar-refractivity contribution in [3.05, 3.63) is 29.8 Å². The third-order valence-corrected chi connectivity index (χ3v) is 4.71. The molecule has 1 aromatic rings. The lowest BCUT2D eigenvalue weighted by atomic mass is 10.2. The van der Waals surface area contributed by atoms with Gasteiger partial charge in [0.2, 0.25) is 5.91 Å². The van der Waals surface area contributed by atoms with Crippen LogP contribution >= 0.6 is 0 Å². The van der Waals surface area contributed by atoms with Crippen molar-refractivity contribution in [3.8, 4) is 5.75 Å². The SMILES string of the molecule is COc1ccc(CN(C(=O)CN2C(=O)C(=O)N(C(C)C)C2=O)C2CC2)cc1. The van der Waals surface area contributed by atoms with Gasteiger partial charge in [-0.25, -0.2) is 9.69 Å². The maximum atomic E-state index is 12.8. The first kappa shape index (κ1) is 18.9. The van der Waals surface area contributed by atoms with Gasteiger partial charge >= 0.3 is 17.8 Å². The van der Waals surface area contributed by atoms with Gasteiger partial charge in [-0.15, -0.1) is 0 Å². The number of benzene rings is 1. The monoisotopic (exact) mass is 373 g/mol. The molecule has 8 heteroatoms. The average molecular weight is 373 g/mol. The highest BCUT2D eigenvalue weighted by Gasteiger charge is 2.47. The van der Waals surface area contributed by atoms with E-state index >= 15 is 0 Å². The molecular weight excluding hydrogens is 350 g/mol. The van der Waals surface area contributed by atoms with E-state index in [4.69, 9.17) is 4.74 Å². The van der Waals surface area contributed by atoms with Gasteiger partial charge in [-0.05, 0) is 44.4 Å². The Labute approximate surface area is 157 Å². The number of amides is 5. The number of nitrogens with zero attached hydrogens (tertiary/aromatic N) is 3. The van der Waals surface area contributed by atoms with Crippen molar-refractivity contribution >= 4 is 23.8 Å². The van der Waals surface area contributed by atoms with E-state index < -0.39 is 30.4 Å². The number of ether oxygens (including phenoxy) is 1. The van der Waals surface area contributed by atoms with Crippen molar-refractivity contribution in [2.75, 3.05) is 13.7 Å². The van der Waals surface area contributed by atoms with Crippen LogP contribution in [0.2, 0.25) is 0 Å². The second-order valence-corrected chi connectivity index (χ2v) is 7.04. The van der Waals surface area contributed by atoms with Gasteiger partial charge in [0.1, 0.15) is 12.3 Å². The molecule has 1 aliphatic heterocycles. The molecule has 0 bridgehead atoms. The van der Waals surface area contributed by atoms with Gasteiger partial charge in [-0.1, -0.05) is 12.1 Å². The topological polar surface area (TPSA) is 87.2 Å². The van der Waals surface area contributed by atoms with E-state index in [1.807, 2.05) is 24.3 Å². The van der Waals surface area contributed by atoms with E-state index in [0.29, 0.717) is 6.54 Å². The Morgan fingerprint density at radius 3 is 2.26 bits per heavy atom. The maximum Gasteiger partial charge on any atom is 0.334 e. The predicted molar refractivity (Wildman–Crippen MR) is 95.7 cm³/mol. The number of carbonyl (C=O) groups is 4. The number of imide groups is 2. The van der Waals surface area contributed by atoms with E-state index in [1.165, 1.54) is 0 Å². The predicted octanol–water partition coefficient (Wildman–Crippen LogP) is 1.39. The van der Waals surface area contributed by atoms with Crippen LogP contribution in [0.4, 0.5) is 4.79 Å². The summed E-state index contributed by atoms with van der Waals surface area (Å²) < 4.78 is 5.13. The largest absolute Gasteiger partial charge is 0.497 e. The molecule has 0 atom stereocenters. The second kappa shape index (κ2) is 7.38. The maximum absolute atomic E-state index is 12.8. The van der Waals surface area contributed by atoms with Crippen LogP contribution < -0.4 is 4.74 Å². The second-order valence-electron chi connectivity index (χ2n) is 7.04. The highest BCUT2D eigenvalue weighted by atomic mass is 16.5. The third-order valence-electron chi connectivity index (χ3n) is 4.71. The average Bonchev–Trinajstić information content (AvgIpc) is 3.45. The van der Waals surface area contributed by atoms with Crippen molar-refractivity contribution in [1.82, 2.24) is 14.7 Å². The number of hydrogen-bond acceptors (Lipinski definition) is 5. The summed E-state index contributed by atoms with van der Waals surface area (Å²) in [4.78, 5) is 52.6. The minimum Gasteiger partial charge on any atom is -0.497 e. The van der Waals surface area contributed by atoms with Crippen molar-refractivity contribution in [2.45, 2.75) is 45.3 Å². The highest BCUT2D eigenvalue weighted by Crippen LogP contribution is 2.29. The van der Waals surface area contributed by atoms with E-state index in [9.17, 15) is 19.2 Å². The molecule has 1 aromatic carbocycles. The van der Waals surface area contributed by atoms with Crippen LogP contribution in [0.25, 0.3) is 0 Å². The van der Waals surface area contributed by atoms with Gasteiger partial charge in [0.25, 0.3) is 0 Å². The van der Waals surface area contributed by atoms with Crippen LogP contribution in [-0.4, -0.2) is 64.2 Å². The lowest BCUT2D eigenvalue weighted by molar-refractivity contribution is -0.145. The third kappa shape index (κ3) is 3.79. The number of carbonyl (C=O) groups excluding carboxylic acids is 4.